The average molecular weight is 602 g/mol. The quantitative estimate of drug-likeness (QED) is 0.219. The molecule has 206 valence electrons. The molecule has 9 heteroatoms. The van der Waals surface area contributed by atoms with E-state index in [1.165, 1.54) is 31.9 Å². The zero-order valence-electron chi connectivity index (χ0n) is 22.7. The van der Waals surface area contributed by atoms with Gasteiger partial charge in [-0.1, -0.05) is 60.7 Å². The second-order valence-corrected chi connectivity index (χ2v) is 15.2. The number of aryl methyl sites for hydroxylation is 2. The maximum absolute atomic E-state index is 11.4. The van der Waals surface area contributed by atoms with E-state index < -0.39 is 10.1 Å². The maximum atomic E-state index is 11.4. The first-order valence-corrected chi connectivity index (χ1v) is 16.8. The summed E-state index contributed by atoms with van der Waals surface area (Å²) in [5, 5.41) is 2.95. The SMILES string of the molecule is CC[n+]1c(C=C2C=C(C=C3Sc4ccc(Cl)cc4N3CCCS(=O)(=O)O)CC(C)(C)C2)sc2ccc(C)cc21. The highest BCUT2D eigenvalue weighted by atomic mass is 35.5. The second kappa shape index (κ2) is 11.1. The fourth-order valence-corrected chi connectivity index (χ4v) is 8.46. The summed E-state index contributed by atoms with van der Waals surface area (Å²) in [4.78, 5) is 3.22. The van der Waals surface area contributed by atoms with Crippen molar-refractivity contribution in [3.8, 4) is 0 Å². The van der Waals surface area contributed by atoms with Crippen molar-refractivity contribution in [1.82, 2.24) is 0 Å². The molecule has 2 heterocycles. The van der Waals surface area contributed by atoms with Gasteiger partial charge in [-0.3, -0.25) is 4.55 Å². The molecule has 5 rings (SSSR count). The molecule has 1 aromatic heterocycles. The zero-order chi connectivity index (χ0) is 27.9. The number of anilines is 1. The Kier molecular flexibility index (Phi) is 8.06. The van der Waals surface area contributed by atoms with Gasteiger partial charge in [0.2, 0.25) is 5.52 Å². The largest absolute Gasteiger partial charge is 0.335 e. The van der Waals surface area contributed by atoms with Crippen molar-refractivity contribution in [2.24, 2.45) is 5.41 Å². The lowest BCUT2D eigenvalue weighted by atomic mass is 9.75. The van der Waals surface area contributed by atoms with Crippen LogP contribution in [-0.2, 0) is 16.7 Å². The molecule has 2 aromatic carbocycles. The van der Waals surface area contributed by atoms with Crippen LogP contribution in [-0.4, -0.2) is 25.3 Å². The molecule has 0 fully saturated rings. The Hall–Kier alpha value is -2.10. The van der Waals surface area contributed by atoms with Crippen LogP contribution < -0.4 is 9.47 Å². The van der Waals surface area contributed by atoms with E-state index in [4.69, 9.17) is 11.6 Å². The number of thioether (sulfide) groups is 1. The molecule has 2 aliphatic rings. The van der Waals surface area contributed by atoms with Crippen LogP contribution >= 0.6 is 34.7 Å². The van der Waals surface area contributed by atoms with Crippen molar-refractivity contribution in [3.05, 3.63) is 80.3 Å². The molecule has 0 unspecified atom stereocenters. The molecule has 0 saturated carbocycles. The Bertz CT molecular complexity index is 1630. The van der Waals surface area contributed by atoms with Crippen LogP contribution in [0.3, 0.4) is 0 Å². The zero-order valence-corrected chi connectivity index (χ0v) is 25.9. The minimum atomic E-state index is -4.02. The van der Waals surface area contributed by atoms with Crippen LogP contribution in [0.15, 0.2) is 69.6 Å². The number of thiazole rings is 1. The lowest BCUT2D eigenvalue weighted by Gasteiger charge is -2.31. The van der Waals surface area contributed by atoms with Crippen LogP contribution in [0.4, 0.5) is 5.69 Å². The number of benzene rings is 2. The summed E-state index contributed by atoms with van der Waals surface area (Å²) in [5.41, 5.74) is 6.20. The van der Waals surface area contributed by atoms with E-state index in [0.717, 1.165) is 35.0 Å². The molecule has 0 saturated heterocycles. The molecule has 5 nitrogen and oxygen atoms in total. The van der Waals surface area contributed by atoms with Crippen molar-refractivity contribution in [1.29, 1.82) is 0 Å². The molecule has 0 amide bonds. The smallest absolute Gasteiger partial charge is 0.264 e. The molecule has 39 heavy (non-hydrogen) atoms. The van der Waals surface area contributed by atoms with E-state index in [0.29, 0.717) is 18.0 Å². The highest BCUT2D eigenvalue weighted by Crippen LogP contribution is 2.48. The number of fused-ring (bicyclic) bond motifs is 2. The lowest BCUT2D eigenvalue weighted by Crippen LogP contribution is -2.33. The van der Waals surface area contributed by atoms with Crippen molar-refractivity contribution in [2.75, 3.05) is 17.2 Å². The van der Waals surface area contributed by atoms with Gasteiger partial charge in [-0.2, -0.15) is 13.0 Å². The molecule has 3 aromatic rings. The summed E-state index contributed by atoms with van der Waals surface area (Å²) in [6.07, 6.45) is 9.18. The normalized spacial score (nSPS) is 19.2. The van der Waals surface area contributed by atoms with Crippen LogP contribution in [0.1, 0.15) is 50.6 Å². The van der Waals surface area contributed by atoms with E-state index in [1.807, 2.05) is 29.5 Å². The summed E-state index contributed by atoms with van der Waals surface area (Å²) >= 11 is 9.83. The van der Waals surface area contributed by atoms with E-state index in [1.54, 1.807) is 11.8 Å². The second-order valence-electron chi connectivity index (χ2n) is 11.1. The van der Waals surface area contributed by atoms with Gasteiger partial charge in [-0.05, 0) is 85.6 Å². The number of rotatable bonds is 7. The van der Waals surface area contributed by atoms with Gasteiger partial charge >= 0.3 is 0 Å². The third-order valence-corrected chi connectivity index (χ3v) is 10.3. The fourth-order valence-electron chi connectivity index (χ4n) is 5.47. The number of allylic oxidation sites excluding steroid dienone is 4. The summed E-state index contributed by atoms with van der Waals surface area (Å²) in [5.74, 6) is -0.272. The third-order valence-electron chi connectivity index (χ3n) is 7.03. The van der Waals surface area contributed by atoms with Gasteiger partial charge in [0, 0.05) is 28.6 Å². The van der Waals surface area contributed by atoms with Crippen LogP contribution in [0, 0.1) is 12.3 Å². The highest BCUT2D eigenvalue weighted by molar-refractivity contribution is 8.03. The summed E-state index contributed by atoms with van der Waals surface area (Å²) < 4.78 is 35.7. The molecule has 0 radical (unpaired) electrons. The molecule has 1 N–H and O–H groups in total. The lowest BCUT2D eigenvalue weighted by molar-refractivity contribution is -0.665. The standard InChI is InChI=1S/C30H33ClN2O3S3/c1-5-32-24-13-20(2)7-9-26(24)37-28(32)15-21-14-22(19-30(3,4)18-21)16-29-33(11-6-12-39(34,35)36)25-17-23(31)8-10-27(25)38-29/h7-10,13-17H,5-6,11-12,18-19H2,1-4H3/p+1. The van der Waals surface area contributed by atoms with Gasteiger partial charge < -0.3 is 4.90 Å². The first-order valence-electron chi connectivity index (χ1n) is 13.2. The van der Waals surface area contributed by atoms with Crippen molar-refractivity contribution >= 4 is 66.8 Å². The van der Waals surface area contributed by atoms with Crippen LogP contribution in [0.25, 0.3) is 16.3 Å². The predicted octanol–water partition coefficient (Wildman–Crippen LogP) is 8.03. The average Bonchev–Trinajstić information content (AvgIpc) is 3.33. The van der Waals surface area contributed by atoms with Gasteiger partial charge in [-0.25, -0.2) is 0 Å². The number of halogens is 1. The van der Waals surface area contributed by atoms with Crippen molar-refractivity contribution in [3.63, 3.8) is 0 Å². The van der Waals surface area contributed by atoms with Crippen LogP contribution in [0.2, 0.25) is 5.02 Å². The number of hydrogen-bond donors (Lipinski definition) is 1. The molecular weight excluding hydrogens is 568 g/mol. The van der Waals surface area contributed by atoms with Crippen molar-refractivity contribution in [2.45, 2.75) is 58.4 Å². The summed E-state index contributed by atoms with van der Waals surface area (Å²) in [6.45, 7) is 10.4. The third kappa shape index (κ3) is 6.63. The topological polar surface area (TPSA) is 61.5 Å². The van der Waals surface area contributed by atoms with Crippen LogP contribution in [0.5, 0.6) is 0 Å². The monoisotopic (exact) mass is 601 g/mol. The van der Waals surface area contributed by atoms with Crippen molar-refractivity contribution < 1.29 is 17.5 Å². The number of aromatic nitrogens is 1. The first-order chi connectivity index (χ1) is 18.4. The Morgan fingerprint density at radius 2 is 1.95 bits per heavy atom. The Morgan fingerprint density at radius 1 is 1.15 bits per heavy atom. The van der Waals surface area contributed by atoms with Gasteiger partial charge in [0.15, 0.2) is 0 Å². The minimum absolute atomic E-state index is 0.104. The molecule has 0 spiro atoms. The molecule has 1 aliphatic heterocycles. The molecule has 0 atom stereocenters. The van der Waals surface area contributed by atoms with Gasteiger partial charge in [0.1, 0.15) is 11.2 Å². The highest BCUT2D eigenvalue weighted by Gasteiger charge is 2.30. The summed E-state index contributed by atoms with van der Waals surface area (Å²) in [6, 6.07) is 12.5. The van der Waals surface area contributed by atoms with Gasteiger partial charge in [-0.15, -0.1) is 0 Å². The van der Waals surface area contributed by atoms with Gasteiger partial charge in [0.25, 0.3) is 15.1 Å². The van der Waals surface area contributed by atoms with E-state index in [9.17, 15) is 13.0 Å². The number of nitrogens with zero attached hydrogens (tertiary/aromatic N) is 2. The molecule has 0 bridgehead atoms. The number of hydrogen-bond acceptors (Lipinski definition) is 5. The Balaban J connectivity index is 1.51. The Labute approximate surface area is 244 Å². The molecule has 1 aliphatic carbocycles. The predicted molar refractivity (Wildman–Crippen MR) is 165 cm³/mol. The molecular formula is C30H34ClN2O3S3+. The van der Waals surface area contributed by atoms with E-state index in [2.05, 4.69) is 73.6 Å². The minimum Gasteiger partial charge on any atom is -0.335 e. The fraction of sp³-hybridized carbons (Fsp3) is 0.367. The first kappa shape index (κ1) is 28.4. The van der Waals surface area contributed by atoms with E-state index in [-0.39, 0.29) is 11.2 Å². The Morgan fingerprint density at radius 3 is 2.69 bits per heavy atom. The summed E-state index contributed by atoms with van der Waals surface area (Å²) in [7, 11) is -4.02. The van der Waals surface area contributed by atoms with Gasteiger partial charge in [0.05, 0.1) is 16.5 Å². The van der Waals surface area contributed by atoms with E-state index >= 15 is 0 Å². The maximum Gasteiger partial charge on any atom is 0.264 e.